The molecule has 186 valence electrons. The van der Waals surface area contributed by atoms with Crippen molar-refractivity contribution in [3.8, 4) is 23.4 Å². The normalized spacial score (nSPS) is 20.4. The molecule has 0 saturated heterocycles. The van der Waals surface area contributed by atoms with Gasteiger partial charge in [-0.15, -0.1) is 5.10 Å². The zero-order valence-electron chi connectivity index (χ0n) is 19.8. The van der Waals surface area contributed by atoms with Crippen LogP contribution in [0.2, 0.25) is 0 Å². The van der Waals surface area contributed by atoms with E-state index in [2.05, 4.69) is 15.5 Å². The summed E-state index contributed by atoms with van der Waals surface area (Å²) in [5.41, 5.74) is 1.11. The van der Waals surface area contributed by atoms with Crippen LogP contribution in [0.3, 0.4) is 0 Å². The fourth-order valence-electron chi connectivity index (χ4n) is 4.21. The number of fused-ring (bicyclic) bond motifs is 1. The number of rotatable bonds is 6. The Morgan fingerprint density at radius 1 is 1.23 bits per heavy atom. The molecule has 2 N–H and O–H groups in total. The second-order valence-corrected chi connectivity index (χ2v) is 10.1. The Balaban J connectivity index is 1.63. The van der Waals surface area contributed by atoms with Gasteiger partial charge in [-0.1, -0.05) is 25.9 Å². The number of alkyl halides is 3. The molecule has 2 aromatic heterocycles. The van der Waals surface area contributed by atoms with Gasteiger partial charge >= 0.3 is 12.2 Å². The summed E-state index contributed by atoms with van der Waals surface area (Å²) < 4.78 is 48.9. The predicted octanol–water partition coefficient (Wildman–Crippen LogP) is 5.05. The number of hydrogen-bond acceptors (Lipinski definition) is 8. The number of nitrogens with one attached hydrogen (secondary N) is 1. The van der Waals surface area contributed by atoms with Crippen molar-refractivity contribution >= 4 is 16.9 Å². The van der Waals surface area contributed by atoms with E-state index in [9.17, 15) is 18.3 Å². The van der Waals surface area contributed by atoms with Gasteiger partial charge < -0.3 is 19.6 Å². The van der Waals surface area contributed by atoms with Gasteiger partial charge in [0.1, 0.15) is 11.4 Å². The molecule has 0 amide bonds. The number of anilines is 1. The Morgan fingerprint density at radius 2 is 1.94 bits per heavy atom. The lowest BCUT2D eigenvalue weighted by molar-refractivity contribution is -0.153. The van der Waals surface area contributed by atoms with Crippen molar-refractivity contribution < 1.29 is 27.4 Å². The Bertz CT molecular complexity index is 1280. The van der Waals surface area contributed by atoms with E-state index in [-0.39, 0.29) is 30.1 Å². The minimum atomic E-state index is -4.44. The minimum absolute atomic E-state index is 0.0691. The highest BCUT2D eigenvalue weighted by molar-refractivity contribution is 5.89. The lowest BCUT2D eigenvalue weighted by atomic mass is 9.74. The van der Waals surface area contributed by atoms with E-state index in [1.165, 1.54) is 0 Å². The lowest BCUT2D eigenvalue weighted by Gasteiger charge is -2.41. The van der Waals surface area contributed by atoms with Crippen LogP contribution in [0.5, 0.6) is 5.75 Å². The summed E-state index contributed by atoms with van der Waals surface area (Å²) >= 11 is 0. The van der Waals surface area contributed by atoms with E-state index in [0.717, 1.165) is 11.1 Å². The van der Waals surface area contributed by atoms with Gasteiger partial charge in [-0.25, -0.2) is 4.98 Å². The number of aryl methyl sites for hydroxylation is 1. The monoisotopic (exact) mass is 489 g/mol. The first kappa shape index (κ1) is 24.7. The third-order valence-corrected chi connectivity index (χ3v) is 5.94. The van der Waals surface area contributed by atoms with Crippen molar-refractivity contribution in [2.45, 2.75) is 70.2 Å². The van der Waals surface area contributed by atoms with E-state index in [4.69, 9.17) is 19.4 Å². The molecule has 0 radical (unpaired) electrons. The number of aromatic nitrogens is 3. The number of benzene rings is 1. The molecule has 0 bridgehead atoms. The second-order valence-electron chi connectivity index (χ2n) is 10.1. The highest BCUT2D eigenvalue weighted by Gasteiger charge is 2.43. The van der Waals surface area contributed by atoms with E-state index in [0.29, 0.717) is 29.4 Å². The Kier molecular flexibility index (Phi) is 6.13. The number of nitriles is 1. The molecule has 1 aliphatic carbocycles. The lowest BCUT2D eigenvalue weighted by Crippen LogP contribution is -2.50. The summed E-state index contributed by atoms with van der Waals surface area (Å²) in [6.07, 6.45) is -3.57. The van der Waals surface area contributed by atoms with E-state index in [1.807, 2.05) is 33.8 Å². The third kappa shape index (κ3) is 5.48. The number of aliphatic hydroxyl groups is 1. The second kappa shape index (κ2) is 8.68. The molecule has 1 aliphatic rings. The first-order valence-corrected chi connectivity index (χ1v) is 11.1. The summed E-state index contributed by atoms with van der Waals surface area (Å²) in [5.74, 6) is 0.305. The minimum Gasteiger partial charge on any atom is -0.484 e. The van der Waals surface area contributed by atoms with Crippen molar-refractivity contribution in [3.05, 3.63) is 29.3 Å². The summed E-state index contributed by atoms with van der Waals surface area (Å²) in [6, 6.07) is 6.94. The first-order valence-electron chi connectivity index (χ1n) is 11.1. The topological polar surface area (TPSA) is 117 Å². The summed E-state index contributed by atoms with van der Waals surface area (Å²) in [6.45, 7) is 6.28. The summed E-state index contributed by atoms with van der Waals surface area (Å²) in [4.78, 5) is 4.72. The van der Waals surface area contributed by atoms with Crippen molar-refractivity contribution in [3.63, 3.8) is 0 Å². The van der Waals surface area contributed by atoms with E-state index < -0.39 is 23.8 Å². The van der Waals surface area contributed by atoms with Crippen LogP contribution >= 0.6 is 0 Å². The van der Waals surface area contributed by atoms with Crippen LogP contribution in [0.4, 0.5) is 19.2 Å². The summed E-state index contributed by atoms with van der Waals surface area (Å²) in [5, 5.41) is 30.8. The number of halogens is 3. The Labute approximate surface area is 200 Å². The van der Waals surface area contributed by atoms with Gasteiger partial charge in [0.15, 0.2) is 6.61 Å². The highest BCUT2D eigenvalue weighted by Crippen LogP contribution is 2.38. The van der Waals surface area contributed by atoms with Gasteiger partial charge in [-0.3, -0.25) is 0 Å². The molecule has 35 heavy (non-hydrogen) atoms. The molecule has 0 aliphatic heterocycles. The quantitative estimate of drug-likeness (QED) is 0.494. The zero-order chi connectivity index (χ0) is 25.6. The molecule has 4 rings (SSSR count). The predicted molar refractivity (Wildman–Crippen MR) is 122 cm³/mol. The third-order valence-electron chi connectivity index (χ3n) is 5.94. The van der Waals surface area contributed by atoms with E-state index >= 15 is 0 Å². The van der Waals surface area contributed by atoms with Crippen molar-refractivity contribution in [2.75, 3.05) is 11.9 Å². The highest BCUT2D eigenvalue weighted by atomic mass is 19.4. The average molecular weight is 489 g/mol. The standard InChI is InChI=1S/C24H26F3N5O3/c1-13-7-18(20-31-32-21(35-20)29-14-10-23(33,11-14)5-6-28)30-19-16(13)8-15(34-12-24(25,26)27)9-17(19)22(2,3)4/h7-9,14,33H,5,10-12H2,1-4H3,(H,29,32). The maximum absolute atomic E-state index is 12.7. The molecule has 1 saturated carbocycles. The van der Waals surface area contributed by atoms with Gasteiger partial charge in [0.2, 0.25) is 0 Å². The molecule has 3 aromatic rings. The maximum atomic E-state index is 12.7. The average Bonchev–Trinajstić information content (AvgIpc) is 3.18. The van der Waals surface area contributed by atoms with Crippen LogP contribution in [0.25, 0.3) is 22.5 Å². The van der Waals surface area contributed by atoms with Crippen LogP contribution in [0.1, 0.15) is 51.2 Å². The molecular formula is C24H26F3N5O3. The van der Waals surface area contributed by atoms with Gasteiger partial charge in [0, 0.05) is 11.4 Å². The Morgan fingerprint density at radius 3 is 2.57 bits per heavy atom. The first-order chi connectivity index (χ1) is 16.3. The number of pyridine rings is 1. The molecule has 2 heterocycles. The molecule has 8 nitrogen and oxygen atoms in total. The Hall–Kier alpha value is -3.39. The zero-order valence-corrected chi connectivity index (χ0v) is 19.8. The number of ether oxygens (including phenoxy) is 1. The molecule has 0 unspecified atom stereocenters. The maximum Gasteiger partial charge on any atom is 0.422 e. The summed E-state index contributed by atoms with van der Waals surface area (Å²) in [7, 11) is 0. The van der Waals surface area contributed by atoms with Crippen LogP contribution in [0.15, 0.2) is 22.6 Å². The van der Waals surface area contributed by atoms with Gasteiger partial charge in [0.05, 0.1) is 23.6 Å². The molecule has 0 atom stereocenters. The number of nitrogens with zero attached hydrogens (tertiary/aromatic N) is 4. The fraction of sp³-hybridized carbons (Fsp3) is 0.500. The van der Waals surface area contributed by atoms with Crippen LogP contribution in [0, 0.1) is 18.3 Å². The van der Waals surface area contributed by atoms with Crippen LogP contribution in [-0.2, 0) is 5.41 Å². The van der Waals surface area contributed by atoms with Crippen molar-refractivity contribution in [1.29, 1.82) is 5.26 Å². The van der Waals surface area contributed by atoms with Crippen LogP contribution < -0.4 is 10.1 Å². The molecule has 11 heteroatoms. The van der Waals surface area contributed by atoms with E-state index in [1.54, 1.807) is 18.2 Å². The van der Waals surface area contributed by atoms with Gasteiger partial charge in [0.25, 0.3) is 5.89 Å². The largest absolute Gasteiger partial charge is 0.484 e. The fourth-order valence-corrected chi connectivity index (χ4v) is 4.21. The molecule has 1 aromatic carbocycles. The SMILES string of the molecule is Cc1cc(-c2nnc(NC3CC(O)(CC#N)C3)o2)nc2c(C(C)(C)C)cc(OCC(F)(F)F)cc12. The molecule has 1 fully saturated rings. The van der Waals surface area contributed by atoms with Gasteiger partial charge in [-0.05, 0) is 54.5 Å². The van der Waals surface area contributed by atoms with Crippen molar-refractivity contribution in [2.24, 2.45) is 0 Å². The smallest absolute Gasteiger partial charge is 0.422 e. The van der Waals surface area contributed by atoms with Gasteiger partial charge in [-0.2, -0.15) is 18.4 Å². The molecular weight excluding hydrogens is 463 g/mol. The van der Waals surface area contributed by atoms with Crippen LogP contribution in [-0.4, -0.2) is 44.7 Å². The number of hydrogen-bond donors (Lipinski definition) is 2. The molecule has 0 spiro atoms. The van der Waals surface area contributed by atoms with Crippen molar-refractivity contribution in [1.82, 2.24) is 15.2 Å².